The summed E-state index contributed by atoms with van der Waals surface area (Å²) in [6.07, 6.45) is -0.614. The Balaban J connectivity index is 0. The predicted molar refractivity (Wildman–Crippen MR) is 59.5 cm³/mol. The molecule has 0 aromatic carbocycles. The van der Waals surface area contributed by atoms with Crippen molar-refractivity contribution in [1.29, 1.82) is 0 Å². The molecule has 88 valence electrons. The molecule has 0 amide bonds. The van der Waals surface area contributed by atoms with Gasteiger partial charge >= 0.3 is 8.25 Å². The minimum atomic E-state index is -2.55. The average molecular weight is 267 g/mol. The number of aliphatic hydroxyl groups excluding tert-OH is 1. The maximum atomic E-state index is 10.7. The lowest BCUT2D eigenvalue weighted by Gasteiger charge is -2.08. The number of hydrogen-bond donors (Lipinski definition) is 1. The second-order valence-corrected chi connectivity index (χ2v) is 3.97. The highest BCUT2D eigenvalue weighted by Gasteiger charge is 2.05. The predicted octanol–water partition coefficient (Wildman–Crippen LogP) is 2.62. The maximum absolute atomic E-state index is 10.7. The third kappa shape index (κ3) is 15.2. The lowest BCUT2D eigenvalue weighted by atomic mass is 10.5. The SMILES string of the molecule is CCC(O)O[PH](=O)OCCCl.CCCl. The quantitative estimate of drug-likeness (QED) is 0.456. The van der Waals surface area contributed by atoms with Gasteiger partial charge in [0.05, 0.1) is 6.61 Å². The third-order valence-electron chi connectivity index (χ3n) is 0.879. The van der Waals surface area contributed by atoms with Crippen LogP contribution in [0.15, 0.2) is 0 Å². The largest absolute Gasteiger partial charge is 0.368 e. The fraction of sp³-hybridized carbons (Fsp3) is 1.00. The van der Waals surface area contributed by atoms with Crippen LogP contribution in [-0.2, 0) is 13.6 Å². The summed E-state index contributed by atoms with van der Waals surface area (Å²) < 4.78 is 19.8. The first kappa shape index (κ1) is 17.1. The van der Waals surface area contributed by atoms with Gasteiger partial charge in [0.1, 0.15) is 0 Å². The van der Waals surface area contributed by atoms with Gasteiger partial charge in [0, 0.05) is 11.8 Å². The Kier molecular flexibility index (Phi) is 16.7. The molecule has 2 atom stereocenters. The van der Waals surface area contributed by atoms with Gasteiger partial charge in [-0.2, -0.15) is 0 Å². The van der Waals surface area contributed by atoms with Crippen molar-refractivity contribution < 1.29 is 18.7 Å². The molecular weight excluding hydrogens is 250 g/mol. The van der Waals surface area contributed by atoms with Gasteiger partial charge in [0.2, 0.25) is 0 Å². The van der Waals surface area contributed by atoms with E-state index in [-0.39, 0.29) is 12.5 Å². The van der Waals surface area contributed by atoms with Crippen LogP contribution < -0.4 is 0 Å². The van der Waals surface area contributed by atoms with E-state index in [1.54, 1.807) is 6.92 Å². The van der Waals surface area contributed by atoms with Crippen molar-refractivity contribution in [3.63, 3.8) is 0 Å². The minimum Gasteiger partial charge on any atom is -0.368 e. The molecule has 0 aliphatic heterocycles. The van der Waals surface area contributed by atoms with Crippen LogP contribution in [-0.4, -0.2) is 29.8 Å². The molecule has 0 rings (SSSR count). The van der Waals surface area contributed by atoms with Gasteiger partial charge in [-0.25, -0.2) is 0 Å². The fourth-order valence-electron chi connectivity index (χ4n) is 0.350. The molecule has 0 aromatic heterocycles. The van der Waals surface area contributed by atoms with Crippen LogP contribution in [0.3, 0.4) is 0 Å². The zero-order valence-electron chi connectivity index (χ0n) is 8.33. The average Bonchev–Trinajstić information content (AvgIpc) is 2.15. The minimum absolute atomic E-state index is 0.176. The molecule has 0 aliphatic carbocycles. The van der Waals surface area contributed by atoms with Gasteiger partial charge in [0.15, 0.2) is 6.29 Å². The van der Waals surface area contributed by atoms with Gasteiger partial charge in [-0.15, -0.1) is 23.2 Å². The Hall–Kier alpha value is 0.690. The first-order valence-electron chi connectivity index (χ1n) is 4.25. The van der Waals surface area contributed by atoms with Crippen molar-refractivity contribution in [2.24, 2.45) is 0 Å². The Bertz CT molecular complexity index is 137. The standard InChI is InChI=1S/C5H12ClO4P.C2H5Cl/c1-2-5(7)10-11(8)9-4-3-6;1-2-3/h5,7,11H,2-4H2,1H3;2H2,1H3. The number of halogens is 2. The van der Waals surface area contributed by atoms with Crippen molar-refractivity contribution in [3.05, 3.63) is 0 Å². The highest BCUT2D eigenvalue weighted by Crippen LogP contribution is 2.25. The van der Waals surface area contributed by atoms with Crippen molar-refractivity contribution in [2.75, 3.05) is 18.4 Å². The first-order chi connectivity index (χ1) is 6.62. The molecule has 1 N–H and O–H groups in total. The van der Waals surface area contributed by atoms with E-state index in [4.69, 9.17) is 28.3 Å². The summed E-state index contributed by atoms with van der Waals surface area (Å²) in [5.74, 6) is 0.988. The summed E-state index contributed by atoms with van der Waals surface area (Å²) >= 11 is 10.2. The molecule has 14 heavy (non-hydrogen) atoms. The van der Waals surface area contributed by atoms with Crippen LogP contribution in [0.1, 0.15) is 20.3 Å². The summed E-state index contributed by atoms with van der Waals surface area (Å²) in [7, 11) is -2.55. The topological polar surface area (TPSA) is 55.8 Å². The van der Waals surface area contributed by atoms with E-state index in [1.165, 1.54) is 0 Å². The molecule has 0 spiro atoms. The molecule has 0 aromatic rings. The van der Waals surface area contributed by atoms with Crippen LogP contribution in [0.25, 0.3) is 0 Å². The number of alkyl halides is 2. The molecule has 7 heteroatoms. The highest BCUT2D eigenvalue weighted by atomic mass is 35.5. The van der Waals surface area contributed by atoms with E-state index >= 15 is 0 Å². The number of aliphatic hydroxyl groups is 1. The Morgan fingerprint density at radius 1 is 1.43 bits per heavy atom. The molecule has 0 bridgehead atoms. The summed E-state index contributed by atoms with van der Waals surface area (Å²) in [6, 6.07) is 0. The maximum Gasteiger partial charge on any atom is 0.321 e. The van der Waals surface area contributed by atoms with Crippen molar-refractivity contribution in [3.8, 4) is 0 Å². The monoisotopic (exact) mass is 266 g/mol. The van der Waals surface area contributed by atoms with Crippen LogP contribution in [0.4, 0.5) is 0 Å². The molecule has 0 fully saturated rings. The van der Waals surface area contributed by atoms with Gasteiger partial charge in [-0.3, -0.25) is 9.09 Å². The molecular formula is C7H17Cl2O4P. The van der Waals surface area contributed by atoms with Crippen LogP contribution in [0.2, 0.25) is 0 Å². The first-order valence-corrected chi connectivity index (χ1v) is 6.55. The second-order valence-electron chi connectivity index (χ2n) is 2.04. The zero-order chi connectivity index (χ0) is 11.4. The summed E-state index contributed by atoms with van der Waals surface area (Å²) in [6.45, 7) is 3.78. The van der Waals surface area contributed by atoms with Crippen molar-refractivity contribution in [1.82, 2.24) is 0 Å². The molecule has 0 radical (unpaired) electrons. The second kappa shape index (κ2) is 13.7. The van der Waals surface area contributed by atoms with Crippen LogP contribution in [0, 0.1) is 0 Å². The normalized spacial score (nSPS) is 14.1. The van der Waals surface area contributed by atoms with Crippen LogP contribution >= 0.6 is 31.5 Å². The van der Waals surface area contributed by atoms with Crippen molar-refractivity contribution >= 4 is 31.5 Å². The summed E-state index contributed by atoms with van der Waals surface area (Å²) in [5, 5.41) is 8.82. The van der Waals surface area contributed by atoms with E-state index in [0.717, 1.165) is 5.88 Å². The summed E-state index contributed by atoms with van der Waals surface area (Å²) in [5.41, 5.74) is 0. The molecule has 4 nitrogen and oxygen atoms in total. The molecule has 0 saturated carbocycles. The number of hydrogen-bond acceptors (Lipinski definition) is 4. The van der Waals surface area contributed by atoms with Gasteiger partial charge < -0.3 is 9.63 Å². The van der Waals surface area contributed by atoms with E-state index in [0.29, 0.717) is 6.42 Å². The van der Waals surface area contributed by atoms with E-state index in [2.05, 4.69) is 9.05 Å². The van der Waals surface area contributed by atoms with Gasteiger partial charge in [-0.1, -0.05) is 13.8 Å². The Morgan fingerprint density at radius 3 is 2.29 bits per heavy atom. The molecule has 2 unspecified atom stereocenters. The molecule has 0 aliphatic rings. The van der Waals surface area contributed by atoms with Gasteiger partial charge in [-0.05, 0) is 6.42 Å². The Labute approximate surface area is 95.4 Å². The van der Waals surface area contributed by atoms with Crippen molar-refractivity contribution in [2.45, 2.75) is 26.6 Å². The highest BCUT2D eigenvalue weighted by molar-refractivity contribution is 7.33. The molecule has 0 saturated heterocycles. The van der Waals surface area contributed by atoms with E-state index < -0.39 is 14.5 Å². The smallest absolute Gasteiger partial charge is 0.321 e. The number of rotatable bonds is 6. The lowest BCUT2D eigenvalue weighted by Crippen LogP contribution is -2.05. The van der Waals surface area contributed by atoms with Crippen LogP contribution in [0.5, 0.6) is 0 Å². The zero-order valence-corrected chi connectivity index (χ0v) is 10.8. The summed E-state index contributed by atoms with van der Waals surface area (Å²) in [4.78, 5) is 0. The Morgan fingerprint density at radius 2 is 1.93 bits per heavy atom. The third-order valence-corrected chi connectivity index (χ3v) is 1.94. The molecule has 0 heterocycles. The van der Waals surface area contributed by atoms with E-state index in [9.17, 15) is 4.57 Å². The fourth-order valence-corrected chi connectivity index (χ4v) is 1.28. The lowest BCUT2D eigenvalue weighted by molar-refractivity contribution is -0.0237. The van der Waals surface area contributed by atoms with E-state index in [1.807, 2.05) is 6.92 Å². The van der Waals surface area contributed by atoms with Gasteiger partial charge in [0.25, 0.3) is 0 Å².